The summed E-state index contributed by atoms with van der Waals surface area (Å²) < 4.78 is 61.0. The van der Waals surface area contributed by atoms with Crippen LogP contribution in [0, 0.1) is 11.2 Å². The highest BCUT2D eigenvalue weighted by atomic mass is 19.4. The fourth-order valence-electron chi connectivity index (χ4n) is 3.76. The van der Waals surface area contributed by atoms with Gasteiger partial charge >= 0.3 is 6.18 Å². The van der Waals surface area contributed by atoms with E-state index in [1.165, 1.54) is 6.20 Å². The molecule has 9 nitrogen and oxygen atoms in total. The van der Waals surface area contributed by atoms with Gasteiger partial charge in [0.1, 0.15) is 28.7 Å². The fraction of sp³-hybridized carbons (Fsp3) is 0.0741. The highest BCUT2D eigenvalue weighted by molar-refractivity contribution is 6.08. The number of nitrogens with two attached hydrogens (primary N) is 1. The first kappa shape index (κ1) is 26.3. The predicted octanol–water partition coefficient (Wildman–Crippen LogP) is 5.79. The van der Waals surface area contributed by atoms with Gasteiger partial charge in [0.25, 0.3) is 0 Å². The number of imidazole rings is 1. The molecule has 0 spiro atoms. The van der Waals surface area contributed by atoms with Crippen molar-refractivity contribution in [2.24, 2.45) is 17.8 Å². The highest BCUT2D eigenvalue weighted by Crippen LogP contribution is 2.33. The Morgan fingerprint density at radius 1 is 0.975 bits per heavy atom. The van der Waals surface area contributed by atoms with E-state index in [4.69, 9.17) is 15.9 Å². The van der Waals surface area contributed by atoms with Crippen LogP contribution in [-0.4, -0.2) is 31.2 Å². The molecule has 3 heterocycles. The maximum atomic E-state index is 14.3. The SMILES string of the molecule is Cn1c(Nc2cc(C(F)(F)F)ccc2F)nc2cc(Oc3ccnc(C(N)=NC(=N)c4ccccn4)c3)ccc21. The molecule has 0 amide bonds. The van der Waals surface area contributed by atoms with Crippen LogP contribution in [0.3, 0.4) is 0 Å². The van der Waals surface area contributed by atoms with E-state index in [0.717, 1.165) is 6.07 Å². The molecule has 202 valence electrons. The lowest BCUT2D eigenvalue weighted by Gasteiger charge is -2.11. The first-order chi connectivity index (χ1) is 19.1. The first-order valence-corrected chi connectivity index (χ1v) is 11.7. The van der Waals surface area contributed by atoms with Crippen LogP contribution >= 0.6 is 0 Å². The van der Waals surface area contributed by atoms with Crippen LogP contribution in [0.15, 0.2) is 84.1 Å². The molecule has 0 fully saturated rings. The number of benzene rings is 2. The van der Waals surface area contributed by atoms with E-state index in [1.807, 2.05) is 0 Å². The summed E-state index contributed by atoms with van der Waals surface area (Å²) in [5.74, 6) is -0.0602. The zero-order valence-electron chi connectivity index (χ0n) is 20.7. The number of halogens is 4. The van der Waals surface area contributed by atoms with Gasteiger partial charge in [-0.25, -0.2) is 14.4 Å². The molecular weight excluding hydrogens is 528 g/mol. The number of aliphatic imine (C=N–C) groups is 1. The Labute approximate surface area is 224 Å². The average Bonchev–Trinajstić information content (AvgIpc) is 3.24. The van der Waals surface area contributed by atoms with E-state index >= 15 is 0 Å². The molecule has 5 aromatic rings. The molecule has 5 rings (SSSR count). The maximum absolute atomic E-state index is 14.3. The zero-order valence-corrected chi connectivity index (χ0v) is 20.7. The van der Waals surface area contributed by atoms with Gasteiger partial charge in [-0.3, -0.25) is 15.4 Å². The van der Waals surface area contributed by atoms with E-state index in [9.17, 15) is 17.6 Å². The number of fused-ring (bicyclic) bond motifs is 1. The van der Waals surface area contributed by atoms with Crippen LogP contribution < -0.4 is 15.8 Å². The summed E-state index contributed by atoms with van der Waals surface area (Å²) in [5, 5.41) is 10.7. The first-order valence-electron chi connectivity index (χ1n) is 11.7. The number of anilines is 2. The number of alkyl halides is 3. The lowest BCUT2D eigenvalue weighted by molar-refractivity contribution is -0.137. The van der Waals surface area contributed by atoms with Crippen molar-refractivity contribution in [3.63, 3.8) is 0 Å². The largest absolute Gasteiger partial charge is 0.457 e. The molecule has 40 heavy (non-hydrogen) atoms. The lowest BCUT2D eigenvalue weighted by Crippen LogP contribution is -2.17. The smallest absolute Gasteiger partial charge is 0.416 e. The predicted molar refractivity (Wildman–Crippen MR) is 141 cm³/mol. The molecule has 4 N–H and O–H groups in total. The van der Waals surface area contributed by atoms with Crippen molar-refractivity contribution < 1.29 is 22.3 Å². The second-order valence-electron chi connectivity index (χ2n) is 8.50. The molecule has 3 aromatic heterocycles. The van der Waals surface area contributed by atoms with Gasteiger partial charge in [0.2, 0.25) is 5.95 Å². The monoisotopic (exact) mass is 548 g/mol. The number of nitrogens with one attached hydrogen (secondary N) is 2. The van der Waals surface area contributed by atoms with Crippen LogP contribution in [0.5, 0.6) is 11.5 Å². The summed E-state index contributed by atoms with van der Waals surface area (Å²) in [6.07, 6.45) is -1.60. The molecule has 0 aliphatic carbocycles. The van der Waals surface area contributed by atoms with Crippen molar-refractivity contribution in [2.75, 3.05) is 5.32 Å². The van der Waals surface area contributed by atoms with E-state index in [2.05, 4.69) is 25.3 Å². The van der Waals surface area contributed by atoms with Crippen LogP contribution in [0.1, 0.15) is 17.0 Å². The molecule has 0 atom stereocenters. The number of aryl methyl sites for hydroxylation is 1. The number of pyridine rings is 2. The standard InChI is InChI=1S/C27H20F4N8O/c1-39-23-8-6-16(13-21(23)37-26(39)36-20-12-15(27(29,30)31)5-7-18(20)28)40-17-9-11-35-22(14-17)25(33)38-24(32)19-4-2-3-10-34-19/h2-14H,1H3,(H,36,37)(H3,32,33,38). The van der Waals surface area contributed by atoms with E-state index in [1.54, 1.807) is 66.3 Å². The quantitative estimate of drug-likeness (QED) is 0.140. The van der Waals surface area contributed by atoms with Crippen molar-refractivity contribution >= 4 is 34.3 Å². The van der Waals surface area contributed by atoms with Crippen molar-refractivity contribution in [1.82, 2.24) is 19.5 Å². The van der Waals surface area contributed by atoms with Gasteiger partial charge in [-0.15, -0.1) is 0 Å². The minimum atomic E-state index is -4.62. The summed E-state index contributed by atoms with van der Waals surface area (Å²) in [4.78, 5) is 16.7. The van der Waals surface area contributed by atoms with E-state index in [-0.39, 0.29) is 29.0 Å². The second kappa shape index (κ2) is 10.4. The normalized spacial score (nSPS) is 12.0. The Hall–Kier alpha value is -5.33. The van der Waals surface area contributed by atoms with E-state index < -0.39 is 17.6 Å². The maximum Gasteiger partial charge on any atom is 0.416 e. The third kappa shape index (κ3) is 5.57. The van der Waals surface area contributed by atoms with Crippen molar-refractivity contribution in [1.29, 1.82) is 5.41 Å². The molecule has 0 aliphatic heterocycles. The number of hydrogen-bond acceptors (Lipinski definition) is 6. The van der Waals surface area contributed by atoms with Gasteiger partial charge in [-0.2, -0.15) is 13.2 Å². The number of aromatic nitrogens is 4. The Morgan fingerprint density at radius 2 is 1.75 bits per heavy atom. The summed E-state index contributed by atoms with van der Waals surface area (Å²) in [7, 11) is 1.64. The minimum absolute atomic E-state index is 0.00109. The molecule has 0 saturated carbocycles. The van der Waals surface area contributed by atoms with Crippen molar-refractivity contribution in [2.45, 2.75) is 6.18 Å². The summed E-state index contributed by atoms with van der Waals surface area (Å²) in [6, 6.07) is 15.4. The molecule has 0 radical (unpaired) electrons. The molecular formula is C27H20F4N8O. The van der Waals surface area contributed by atoms with Gasteiger partial charge in [0.05, 0.1) is 22.3 Å². The Morgan fingerprint density at radius 3 is 2.50 bits per heavy atom. The summed E-state index contributed by atoms with van der Waals surface area (Å²) in [6.45, 7) is 0. The fourth-order valence-corrected chi connectivity index (χ4v) is 3.76. The van der Waals surface area contributed by atoms with Crippen LogP contribution in [0.25, 0.3) is 11.0 Å². The molecule has 2 aromatic carbocycles. The van der Waals surface area contributed by atoms with Gasteiger partial charge in [-0.05, 0) is 48.5 Å². The van der Waals surface area contributed by atoms with Gasteiger partial charge in [-0.1, -0.05) is 6.07 Å². The van der Waals surface area contributed by atoms with Crippen LogP contribution in [-0.2, 0) is 13.2 Å². The van der Waals surface area contributed by atoms with Crippen LogP contribution in [0.2, 0.25) is 0 Å². The van der Waals surface area contributed by atoms with Crippen molar-refractivity contribution in [3.05, 3.63) is 102 Å². The number of hydrogen-bond donors (Lipinski definition) is 3. The number of ether oxygens (including phenoxy) is 1. The molecule has 0 unspecified atom stereocenters. The summed E-state index contributed by atoms with van der Waals surface area (Å²) in [5.41, 5.74) is 6.43. The third-order valence-electron chi connectivity index (χ3n) is 5.76. The second-order valence-corrected chi connectivity index (χ2v) is 8.50. The van der Waals surface area contributed by atoms with Gasteiger partial charge in [0, 0.05) is 31.6 Å². The van der Waals surface area contributed by atoms with Gasteiger partial charge in [0.15, 0.2) is 11.7 Å². The Bertz CT molecular complexity index is 1750. The summed E-state index contributed by atoms with van der Waals surface area (Å²) >= 11 is 0. The molecule has 0 bridgehead atoms. The number of amidine groups is 2. The minimum Gasteiger partial charge on any atom is -0.457 e. The highest BCUT2D eigenvalue weighted by Gasteiger charge is 2.31. The third-order valence-corrected chi connectivity index (χ3v) is 5.76. The Kier molecular flexibility index (Phi) is 6.86. The number of nitrogens with zero attached hydrogens (tertiary/aromatic N) is 5. The van der Waals surface area contributed by atoms with Gasteiger partial charge < -0.3 is 20.4 Å². The van der Waals surface area contributed by atoms with Crippen molar-refractivity contribution in [3.8, 4) is 11.5 Å². The lowest BCUT2D eigenvalue weighted by atomic mass is 10.2. The molecule has 13 heteroatoms. The Balaban J connectivity index is 1.37. The van der Waals surface area contributed by atoms with E-state index in [0.29, 0.717) is 40.4 Å². The average molecular weight is 549 g/mol. The molecule has 0 saturated heterocycles. The topological polar surface area (TPSA) is 127 Å². The number of rotatable bonds is 6. The molecule has 0 aliphatic rings. The van der Waals surface area contributed by atoms with Crippen LogP contribution in [0.4, 0.5) is 29.2 Å². The zero-order chi connectivity index (χ0) is 28.4.